The molecule has 0 aliphatic rings. The van der Waals surface area contributed by atoms with E-state index >= 15 is 0 Å². The number of amides is 1. The fraction of sp³-hybridized carbons (Fsp3) is 0.600. The number of aromatic nitrogens is 1. The van der Waals surface area contributed by atoms with Crippen molar-refractivity contribution in [2.75, 3.05) is 32.1 Å². The van der Waals surface area contributed by atoms with Crippen molar-refractivity contribution in [3.8, 4) is 0 Å². The summed E-state index contributed by atoms with van der Waals surface area (Å²) in [4.78, 5) is 16.2. The first kappa shape index (κ1) is 17.7. The van der Waals surface area contributed by atoms with Crippen molar-refractivity contribution < 1.29 is 9.53 Å². The van der Waals surface area contributed by atoms with E-state index in [0.29, 0.717) is 23.1 Å². The van der Waals surface area contributed by atoms with E-state index in [0.717, 1.165) is 38.8 Å². The molecule has 0 radical (unpaired) electrons. The summed E-state index contributed by atoms with van der Waals surface area (Å²) in [7, 11) is 1.69. The summed E-state index contributed by atoms with van der Waals surface area (Å²) in [5.41, 5.74) is 0.533. The number of rotatable bonds is 10. The Morgan fingerprint density at radius 2 is 2.10 bits per heavy atom. The van der Waals surface area contributed by atoms with Crippen LogP contribution in [0.15, 0.2) is 12.1 Å². The Labute approximate surface area is 131 Å². The number of hydrogen-bond acceptors (Lipinski definition) is 4. The standard InChI is InChI=1S/C15H24ClN3O2/c1-3-7-17-14-11-12(10-13(16)19-14)15(20)18-8-5-4-6-9-21-2/h10-11H,3-9H2,1-2H3,(H,17,19)(H,18,20). The lowest BCUT2D eigenvalue weighted by Gasteiger charge is -2.08. The molecule has 0 atom stereocenters. The summed E-state index contributed by atoms with van der Waals surface area (Å²) in [5.74, 6) is 0.514. The van der Waals surface area contributed by atoms with Crippen molar-refractivity contribution in [2.45, 2.75) is 32.6 Å². The van der Waals surface area contributed by atoms with Crippen LogP contribution in [0.3, 0.4) is 0 Å². The lowest BCUT2D eigenvalue weighted by atomic mass is 10.2. The highest BCUT2D eigenvalue weighted by Gasteiger charge is 2.08. The van der Waals surface area contributed by atoms with Gasteiger partial charge < -0.3 is 15.4 Å². The molecule has 6 heteroatoms. The van der Waals surface area contributed by atoms with Gasteiger partial charge in [0.05, 0.1) is 0 Å². The van der Waals surface area contributed by atoms with E-state index in [4.69, 9.17) is 16.3 Å². The first-order valence-corrected chi connectivity index (χ1v) is 7.73. The van der Waals surface area contributed by atoms with Gasteiger partial charge in [-0.1, -0.05) is 18.5 Å². The molecule has 0 bridgehead atoms. The molecule has 1 rings (SSSR count). The molecule has 1 aromatic heterocycles. The van der Waals surface area contributed by atoms with Gasteiger partial charge in [-0.25, -0.2) is 4.98 Å². The number of unbranched alkanes of at least 4 members (excludes halogenated alkanes) is 2. The Hall–Kier alpha value is -1.33. The van der Waals surface area contributed by atoms with Crippen molar-refractivity contribution in [2.24, 2.45) is 0 Å². The molecule has 1 heterocycles. The Morgan fingerprint density at radius 3 is 2.81 bits per heavy atom. The number of ether oxygens (including phenoxy) is 1. The Morgan fingerprint density at radius 1 is 1.29 bits per heavy atom. The Kier molecular flexibility index (Phi) is 8.78. The first-order valence-electron chi connectivity index (χ1n) is 7.36. The van der Waals surface area contributed by atoms with E-state index < -0.39 is 0 Å². The van der Waals surface area contributed by atoms with Gasteiger partial charge in [0.15, 0.2) is 0 Å². The van der Waals surface area contributed by atoms with Crippen LogP contribution in [0.5, 0.6) is 0 Å². The average molecular weight is 314 g/mol. The predicted octanol–water partition coefficient (Wildman–Crippen LogP) is 3.10. The van der Waals surface area contributed by atoms with Gasteiger partial charge in [-0.3, -0.25) is 4.79 Å². The van der Waals surface area contributed by atoms with E-state index in [2.05, 4.69) is 22.5 Å². The molecule has 0 fully saturated rings. The molecular formula is C15H24ClN3O2. The van der Waals surface area contributed by atoms with E-state index in [1.165, 1.54) is 0 Å². The van der Waals surface area contributed by atoms with Gasteiger partial charge in [0.2, 0.25) is 0 Å². The average Bonchev–Trinajstić information content (AvgIpc) is 2.48. The van der Waals surface area contributed by atoms with Crippen molar-refractivity contribution >= 4 is 23.3 Å². The molecule has 1 aromatic rings. The van der Waals surface area contributed by atoms with Gasteiger partial charge in [0.25, 0.3) is 5.91 Å². The van der Waals surface area contributed by atoms with Crippen LogP contribution in [0, 0.1) is 0 Å². The van der Waals surface area contributed by atoms with Crippen LogP contribution >= 0.6 is 11.6 Å². The van der Waals surface area contributed by atoms with E-state index in [1.54, 1.807) is 19.2 Å². The Bertz CT molecular complexity index is 441. The number of pyridine rings is 1. The molecule has 0 aliphatic heterocycles. The molecule has 0 unspecified atom stereocenters. The maximum absolute atomic E-state index is 12.1. The smallest absolute Gasteiger partial charge is 0.251 e. The second-order valence-corrected chi connectivity index (χ2v) is 5.19. The van der Waals surface area contributed by atoms with Gasteiger partial charge in [0.1, 0.15) is 11.0 Å². The Balaban J connectivity index is 2.44. The SMILES string of the molecule is CCCNc1cc(C(=O)NCCCCCOC)cc(Cl)n1. The third-order valence-electron chi connectivity index (χ3n) is 2.92. The number of carbonyl (C=O) groups excluding carboxylic acids is 1. The van der Waals surface area contributed by atoms with Crippen LogP contribution in [0.4, 0.5) is 5.82 Å². The maximum Gasteiger partial charge on any atom is 0.251 e. The second-order valence-electron chi connectivity index (χ2n) is 4.80. The topological polar surface area (TPSA) is 63.2 Å². The van der Waals surface area contributed by atoms with Crippen molar-refractivity contribution in [3.05, 3.63) is 22.8 Å². The molecule has 2 N–H and O–H groups in total. The molecule has 1 amide bonds. The normalized spacial score (nSPS) is 10.4. The van der Waals surface area contributed by atoms with E-state index in [9.17, 15) is 4.79 Å². The number of anilines is 1. The van der Waals surface area contributed by atoms with Crippen LogP contribution in [0.1, 0.15) is 43.0 Å². The number of methoxy groups -OCH3 is 1. The fourth-order valence-electron chi connectivity index (χ4n) is 1.82. The summed E-state index contributed by atoms with van der Waals surface area (Å²) in [6.07, 6.45) is 3.97. The van der Waals surface area contributed by atoms with Gasteiger partial charge in [-0.2, -0.15) is 0 Å². The largest absolute Gasteiger partial charge is 0.385 e. The van der Waals surface area contributed by atoms with Crippen molar-refractivity contribution in [3.63, 3.8) is 0 Å². The highest BCUT2D eigenvalue weighted by atomic mass is 35.5. The minimum atomic E-state index is -0.120. The summed E-state index contributed by atoms with van der Waals surface area (Å²) in [6.45, 7) is 4.28. The summed E-state index contributed by atoms with van der Waals surface area (Å²) in [5, 5.41) is 6.34. The minimum Gasteiger partial charge on any atom is -0.385 e. The molecule has 0 saturated heterocycles. The van der Waals surface area contributed by atoms with Gasteiger partial charge in [0, 0.05) is 32.4 Å². The monoisotopic (exact) mass is 313 g/mol. The minimum absolute atomic E-state index is 0.120. The maximum atomic E-state index is 12.1. The molecule has 0 saturated carbocycles. The van der Waals surface area contributed by atoms with E-state index in [-0.39, 0.29) is 5.91 Å². The van der Waals surface area contributed by atoms with E-state index in [1.807, 2.05) is 0 Å². The van der Waals surface area contributed by atoms with Gasteiger partial charge in [-0.15, -0.1) is 0 Å². The summed E-state index contributed by atoms with van der Waals surface area (Å²) >= 11 is 5.95. The third-order valence-corrected chi connectivity index (χ3v) is 3.12. The second kappa shape index (κ2) is 10.4. The molecule has 0 aromatic carbocycles. The molecular weight excluding hydrogens is 290 g/mol. The highest BCUT2D eigenvalue weighted by molar-refractivity contribution is 6.29. The zero-order valence-corrected chi connectivity index (χ0v) is 13.5. The van der Waals surface area contributed by atoms with Gasteiger partial charge in [-0.05, 0) is 37.8 Å². The number of nitrogens with zero attached hydrogens (tertiary/aromatic N) is 1. The predicted molar refractivity (Wildman–Crippen MR) is 86.1 cm³/mol. The number of halogens is 1. The van der Waals surface area contributed by atoms with Crippen LogP contribution in [-0.2, 0) is 4.74 Å². The quantitative estimate of drug-likeness (QED) is 0.514. The molecule has 0 spiro atoms. The van der Waals surface area contributed by atoms with Crippen molar-refractivity contribution in [1.29, 1.82) is 0 Å². The van der Waals surface area contributed by atoms with Crippen LogP contribution in [0.25, 0.3) is 0 Å². The van der Waals surface area contributed by atoms with Gasteiger partial charge >= 0.3 is 0 Å². The molecule has 118 valence electrons. The van der Waals surface area contributed by atoms with Crippen LogP contribution < -0.4 is 10.6 Å². The first-order chi connectivity index (χ1) is 10.2. The third kappa shape index (κ3) is 7.29. The summed E-state index contributed by atoms with van der Waals surface area (Å²) < 4.78 is 4.98. The lowest BCUT2D eigenvalue weighted by molar-refractivity contribution is 0.0952. The number of nitrogens with one attached hydrogen (secondary N) is 2. The number of carbonyl (C=O) groups is 1. The molecule has 21 heavy (non-hydrogen) atoms. The van der Waals surface area contributed by atoms with Crippen molar-refractivity contribution in [1.82, 2.24) is 10.3 Å². The zero-order chi connectivity index (χ0) is 15.5. The highest BCUT2D eigenvalue weighted by Crippen LogP contribution is 2.14. The molecule has 0 aliphatic carbocycles. The number of hydrogen-bond donors (Lipinski definition) is 2. The van der Waals surface area contributed by atoms with Crippen LogP contribution in [-0.4, -0.2) is 37.7 Å². The van der Waals surface area contributed by atoms with Crippen LogP contribution in [0.2, 0.25) is 5.15 Å². The zero-order valence-electron chi connectivity index (χ0n) is 12.7. The molecule has 5 nitrogen and oxygen atoms in total. The summed E-state index contributed by atoms with van der Waals surface area (Å²) in [6, 6.07) is 3.31. The fourth-order valence-corrected chi connectivity index (χ4v) is 2.03. The lowest BCUT2D eigenvalue weighted by Crippen LogP contribution is -2.24.